The van der Waals surface area contributed by atoms with E-state index in [2.05, 4.69) is 49.8 Å². The lowest BCUT2D eigenvalue weighted by atomic mass is 10.0. The molecule has 0 bridgehead atoms. The third-order valence-electron chi connectivity index (χ3n) is 1.91. The van der Waals surface area contributed by atoms with E-state index < -0.39 is 0 Å². The lowest BCUT2D eigenvalue weighted by molar-refractivity contribution is 1.36. The normalized spacial score (nSPS) is 10.9. The maximum Gasteiger partial charge on any atom is -0.0142 e. The van der Waals surface area contributed by atoms with Gasteiger partial charge in [0.15, 0.2) is 0 Å². The van der Waals surface area contributed by atoms with E-state index in [0.29, 0.717) is 0 Å². The fraction of sp³-hybridized carbons (Fsp3) is 0.273. The Labute approximate surface area is 78.7 Å². The van der Waals surface area contributed by atoms with Crippen molar-refractivity contribution in [3.8, 4) is 0 Å². The summed E-state index contributed by atoms with van der Waals surface area (Å²) in [5.41, 5.74) is 4.05. The summed E-state index contributed by atoms with van der Waals surface area (Å²) >= 11 is 1.73. The second kappa shape index (κ2) is 4.36. The molecule has 1 aromatic carbocycles. The molecule has 0 saturated heterocycles. The zero-order chi connectivity index (χ0) is 8.97. The zero-order valence-corrected chi connectivity index (χ0v) is 8.61. The van der Waals surface area contributed by atoms with E-state index >= 15 is 0 Å². The van der Waals surface area contributed by atoms with Crippen LogP contribution in [0.5, 0.6) is 0 Å². The molecule has 0 radical (unpaired) electrons. The van der Waals surface area contributed by atoms with Crippen LogP contribution in [0.15, 0.2) is 23.6 Å². The van der Waals surface area contributed by atoms with E-state index in [1.54, 1.807) is 11.8 Å². The van der Waals surface area contributed by atoms with Gasteiger partial charge in [-0.2, -0.15) is 0 Å². The van der Waals surface area contributed by atoms with Gasteiger partial charge in [-0.15, -0.1) is 11.8 Å². The van der Waals surface area contributed by atoms with Gasteiger partial charge < -0.3 is 0 Å². The predicted molar refractivity (Wildman–Crippen MR) is 58.5 cm³/mol. The van der Waals surface area contributed by atoms with Gasteiger partial charge in [0.1, 0.15) is 0 Å². The molecule has 0 amide bonds. The predicted octanol–water partition coefficient (Wildman–Crippen LogP) is 3.64. The van der Waals surface area contributed by atoms with E-state index in [9.17, 15) is 0 Å². The Kier molecular flexibility index (Phi) is 3.42. The summed E-state index contributed by atoms with van der Waals surface area (Å²) in [5, 5.41) is 2.12. The molecule has 0 N–H and O–H groups in total. The summed E-state index contributed by atoms with van der Waals surface area (Å²) in [5.74, 6) is 0. The number of benzene rings is 1. The largest absolute Gasteiger partial charge is 0.138 e. The van der Waals surface area contributed by atoms with Crippen LogP contribution in [0.4, 0.5) is 0 Å². The molecule has 0 fully saturated rings. The van der Waals surface area contributed by atoms with Crippen molar-refractivity contribution in [2.45, 2.75) is 13.8 Å². The molecular weight excluding hydrogens is 164 g/mol. The van der Waals surface area contributed by atoms with Crippen LogP contribution < -0.4 is 0 Å². The average Bonchev–Trinajstić information content (AvgIpc) is 2.04. The van der Waals surface area contributed by atoms with Crippen molar-refractivity contribution >= 4 is 17.8 Å². The van der Waals surface area contributed by atoms with Gasteiger partial charge in [0, 0.05) is 0 Å². The second-order valence-corrected chi connectivity index (χ2v) is 3.59. The Morgan fingerprint density at radius 3 is 2.25 bits per heavy atom. The lowest BCUT2D eigenvalue weighted by Crippen LogP contribution is -1.84. The number of hydrogen-bond donors (Lipinski definition) is 0. The summed E-state index contributed by atoms with van der Waals surface area (Å²) in [6.45, 7) is 4.29. The van der Waals surface area contributed by atoms with Crippen molar-refractivity contribution in [3.05, 3.63) is 40.3 Å². The standard InChI is InChI=1S/C11H14S/c1-9-5-4-6-10(2)11(9)7-8-12-3/h4-8H,1-3H3/b8-7+. The summed E-state index contributed by atoms with van der Waals surface area (Å²) in [7, 11) is 0. The van der Waals surface area contributed by atoms with Crippen LogP contribution in [0.1, 0.15) is 16.7 Å². The lowest BCUT2D eigenvalue weighted by Gasteiger charge is -2.03. The Morgan fingerprint density at radius 1 is 1.17 bits per heavy atom. The SMILES string of the molecule is CS/C=C/c1c(C)cccc1C. The highest BCUT2D eigenvalue weighted by molar-refractivity contribution is 8.01. The highest BCUT2D eigenvalue weighted by atomic mass is 32.2. The molecule has 0 aliphatic carbocycles. The first-order valence-electron chi connectivity index (χ1n) is 4.01. The molecule has 1 heteroatoms. The first-order valence-corrected chi connectivity index (χ1v) is 5.30. The van der Waals surface area contributed by atoms with E-state index in [4.69, 9.17) is 0 Å². The molecule has 0 heterocycles. The van der Waals surface area contributed by atoms with Gasteiger partial charge in [-0.1, -0.05) is 18.2 Å². The van der Waals surface area contributed by atoms with Gasteiger partial charge in [0.05, 0.1) is 0 Å². The van der Waals surface area contributed by atoms with Crippen LogP contribution in [-0.2, 0) is 0 Å². The summed E-state index contributed by atoms with van der Waals surface area (Å²) < 4.78 is 0. The van der Waals surface area contributed by atoms with Crippen molar-refractivity contribution < 1.29 is 0 Å². The quantitative estimate of drug-likeness (QED) is 0.666. The molecule has 12 heavy (non-hydrogen) atoms. The molecule has 0 aliphatic heterocycles. The molecule has 1 aromatic rings. The van der Waals surface area contributed by atoms with Crippen molar-refractivity contribution in [1.82, 2.24) is 0 Å². The Hall–Kier alpha value is -0.690. The van der Waals surface area contributed by atoms with Crippen molar-refractivity contribution in [2.24, 2.45) is 0 Å². The van der Waals surface area contributed by atoms with Crippen LogP contribution in [0.3, 0.4) is 0 Å². The highest BCUT2D eigenvalue weighted by Crippen LogP contribution is 2.16. The van der Waals surface area contributed by atoms with E-state index in [1.165, 1.54) is 16.7 Å². The van der Waals surface area contributed by atoms with Crippen LogP contribution in [-0.4, -0.2) is 6.26 Å². The summed E-state index contributed by atoms with van der Waals surface area (Å²) in [6.07, 6.45) is 4.25. The minimum absolute atomic E-state index is 1.35. The zero-order valence-electron chi connectivity index (χ0n) is 7.79. The van der Waals surface area contributed by atoms with E-state index in [-0.39, 0.29) is 0 Å². The van der Waals surface area contributed by atoms with Gasteiger partial charge in [-0.05, 0) is 48.3 Å². The fourth-order valence-corrected chi connectivity index (χ4v) is 1.50. The van der Waals surface area contributed by atoms with Crippen molar-refractivity contribution in [3.63, 3.8) is 0 Å². The molecule has 0 atom stereocenters. The molecular formula is C11H14S. The molecule has 0 aliphatic rings. The van der Waals surface area contributed by atoms with Gasteiger partial charge in [-0.25, -0.2) is 0 Å². The molecule has 1 rings (SSSR count). The van der Waals surface area contributed by atoms with Crippen LogP contribution in [0.2, 0.25) is 0 Å². The third-order valence-corrected chi connectivity index (χ3v) is 2.32. The Bertz CT molecular complexity index is 267. The van der Waals surface area contributed by atoms with Gasteiger partial charge in [0.25, 0.3) is 0 Å². The number of hydrogen-bond acceptors (Lipinski definition) is 1. The highest BCUT2D eigenvalue weighted by Gasteiger charge is 1.95. The number of rotatable bonds is 2. The van der Waals surface area contributed by atoms with Crippen LogP contribution in [0.25, 0.3) is 6.08 Å². The second-order valence-electron chi connectivity index (χ2n) is 2.84. The van der Waals surface area contributed by atoms with Crippen LogP contribution in [0, 0.1) is 13.8 Å². The monoisotopic (exact) mass is 178 g/mol. The average molecular weight is 178 g/mol. The summed E-state index contributed by atoms with van der Waals surface area (Å²) in [4.78, 5) is 0. The number of aryl methyl sites for hydroxylation is 2. The number of thioether (sulfide) groups is 1. The van der Waals surface area contributed by atoms with Crippen molar-refractivity contribution in [1.29, 1.82) is 0 Å². The minimum atomic E-state index is 1.35. The van der Waals surface area contributed by atoms with Crippen LogP contribution >= 0.6 is 11.8 Å². The Balaban J connectivity index is 3.04. The molecule has 0 nitrogen and oxygen atoms in total. The Morgan fingerprint density at radius 2 is 1.75 bits per heavy atom. The first kappa shape index (κ1) is 9.40. The fourth-order valence-electron chi connectivity index (χ4n) is 1.23. The van der Waals surface area contributed by atoms with Crippen molar-refractivity contribution in [2.75, 3.05) is 6.26 Å². The third kappa shape index (κ3) is 2.15. The molecule has 0 aromatic heterocycles. The minimum Gasteiger partial charge on any atom is -0.138 e. The molecule has 64 valence electrons. The maximum absolute atomic E-state index is 2.18. The summed E-state index contributed by atoms with van der Waals surface area (Å²) in [6, 6.07) is 6.39. The van der Waals surface area contributed by atoms with Gasteiger partial charge in [-0.3, -0.25) is 0 Å². The molecule has 0 unspecified atom stereocenters. The molecule has 0 saturated carbocycles. The maximum atomic E-state index is 2.18. The topological polar surface area (TPSA) is 0 Å². The van der Waals surface area contributed by atoms with Gasteiger partial charge in [0.2, 0.25) is 0 Å². The van der Waals surface area contributed by atoms with Gasteiger partial charge >= 0.3 is 0 Å². The first-order chi connectivity index (χ1) is 5.75. The smallest absolute Gasteiger partial charge is 0.0142 e. The van der Waals surface area contributed by atoms with E-state index in [1.807, 2.05) is 0 Å². The van der Waals surface area contributed by atoms with E-state index in [0.717, 1.165) is 0 Å². The molecule has 0 spiro atoms.